The molecule has 3 unspecified atom stereocenters. The van der Waals surface area contributed by atoms with Crippen molar-refractivity contribution in [2.75, 3.05) is 0 Å². The highest BCUT2D eigenvalue weighted by Gasteiger charge is 2.31. The van der Waals surface area contributed by atoms with Gasteiger partial charge in [-0.1, -0.05) is 32.4 Å². The van der Waals surface area contributed by atoms with E-state index in [4.69, 9.17) is 4.74 Å². The lowest BCUT2D eigenvalue weighted by Crippen LogP contribution is -2.31. The molecule has 2 heterocycles. The van der Waals surface area contributed by atoms with Gasteiger partial charge in [-0.15, -0.1) is 11.3 Å². The van der Waals surface area contributed by atoms with E-state index in [1.807, 2.05) is 46.1 Å². The van der Waals surface area contributed by atoms with Crippen molar-refractivity contribution in [2.24, 2.45) is 11.3 Å². The van der Waals surface area contributed by atoms with Crippen molar-refractivity contribution in [2.45, 2.75) is 98.7 Å². The van der Waals surface area contributed by atoms with Gasteiger partial charge in [-0.2, -0.15) is 0 Å². The van der Waals surface area contributed by atoms with E-state index in [-0.39, 0.29) is 36.6 Å². The third-order valence-corrected chi connectivity index (χ3v) is 7.26. The molecule has 32 heavy (non-hydrogen) atoms. The number of rotatable bonds is 2. The predicted octanol–water partition coefficient (Wildman–Crippen LogP) is 6.05. The summed E-state index contributed by atoms with van der Waals surface area (Å²) in [5.41, 5.74) is 2.41. The maximum atomic E-state index is 12.8. The van der Waals surface area contributed by atoms with E-state index >= 15 is 0 Å². The van der Waals surface area contributed by atoms with Gasteiger partial charge in [-0.05, 0) is 64.0 Å². The van der Waals surface area contributed by atoms with Gasteiger partial charge >= 0.3 is 5.97 Å². The lowest BCUT2D eigenvalue weighted by Gasteiger charge is -2.27. The second-order valence-electron chi connectivity index (χ2n) is 9.89. The van der Waals surface area contributed by atoms with Crippen LogP contribution in [-0.2, 0) is 14.3 Å². The molecular weight excluding hydrogens is 422 g/mol. The molecule has 178 valence electrons. The molecule has 0 radical (unpaired) electrons. The van der Waals surface area contributed by atoms with Crippen molar-refractivity contribution >= 4 is 29.2 Å². The van der Waals surface area contributed by atoms with E-state index in [9.17, 15) is 14.7 Å². The largest absolute Gasteiger partial charge is 0.457 e. The van der Waals surface area contributed by atoms with Crippen LogP contribution in [0.1, 0.15) is 90.3 Å². The Balaban J connectivity index is 2.23. The molecular formula is C26H39NO4S. The molecule has 3 atom stereocenters. The minimum atomic E-state index is -0.675. The van der Waals surface area contributed by atoms with Crippen LogP contribution in [0.2, 0.25) is 0 Å². The first-order valence-corrected chi connectivity index (χ1v) is 12.5. The van der Waals surface area contributed by atoms with Crippen molar-refractivity contribution in [3.8, 4) is 0 Å². The van der Waals surface area contributed by atoms with Gasteiger partial charge in [0.25, 0.3) is 0 Å². The SMILES string of the molecule is C/C1=C/CC(/C(C)=C/c2csc(C)n2)OC(=O)CCC(C)(C)C(=O)CC(O)C(C)CCC1. The van der Waals surface area contributed by atoms with E-state index in [0.717, 1.165) is 35.5 Å². The molecule has 1 aliphatic rings. The third-order valence-electron chi connectivity index (χ3n) is 6.47. The monoisotopic (exact) mass is 461 g/mol. The van der Waals surface area contributed by atoms with E-state index in [0.29, 0.717) is 12.8 Å². The Morgan fingerprint density at radius 2 is 2.00 bits per heavy atom. The first kappa shape index (κ1) is 26.5. The highest BCUT2D eigenvalue weighted by Crippen LogP contribution is 2.29. The zero-order valence-electron chi connectivity index (χ0n) is 20.4. The highest BCUT2D eigenvalue weighted by atomic mass is 32.1. The van der Waals surface area contributed by atoms with Crippen LogP contribution in [0.3, 0.4) is 0 Å². The molecule has 0 bridgehead atoms. The Morgan fingerprint density at radius 1 is 1.28 bits per heavy atom. The average Bonchev–Trinajstić information content (AvgIpc) is 3.13. The van der Waals surface area contributed by atoms with Crippen LogP contribution in [0.25, 0.3) is 6.08 Å². The molecule has 0 spiro atoms. The van der Waals surface area contributed by atoms with Crippen LogP contribution in [0.15, 0.2) is 22.6 Å². The summed E-state index contributed by atoms with van der Waals surface area (Å²) in [7, 11) is 0. The van der Waals surface area contributed by atoms with E-state index in [2.05, 4.69) is 18.0 Å². The number of aliphatic hydroxyl groups is 1. The number of ketones is 1. The number of cyclic esters (lactones) is 1. The van der Waals surface area contributed by atoms with Gasteiger partial charge in [-0.3, -0.25) is 9.59 Å². The fourth-order valence-corrected chi connectivity index (χ4v) is 4.41. The van der Waals surface area contributed by atoms with E-state index < -0.39 is 11.5 Å². The van der Waals surface area contributed by atoms with Crippen LogP contribution in [-0.4, -0.2) is 34.1 Å². The fraction of sp³-hybridized carbons (Fsp3) is 0.654. The Labute approximate surface area is 197 Å². The zero-order chi connectivity index (χ0) is 23.9. The maximum absolute atomic E-state index is 12.8. The number of Topliss-reactive ketones (excluding diaryl/α,β-unsaturated/α-hetero) is 1. The summed E-state index contributed by atoms with van der Waals surface area (Å²) >= 11 is 1.60. The molecule has 0 aliphatic carbocycles. The number of allylic oxidation sites excluding steroid dienone is 1. The van der Waals surface area contributed by atoms with Crippen LogP contribution in [0.4, 0.5) is 0 Å². The van der Waals surface area contributed by atoms with Crippen LogP contribution >= 0.6 is 11.3 Å². The molecule has 0 fully saturated rings. The Morgan fingerprint density at radius 3 is 2.66 bits per heavy atom. The molecule has 1 aromatic rings. The van der Waals surface area contributed by atoms with Gasteiger partial charge in [0.2, 0.25) is 0 Å². The summed E-state index contributed by atoms with van der Waals surface area (Å²) in [6.45, 7) is 11.8. The Hall–Kier alpha value is -1.79. The molecule has 0 aromatic carbocycles. The molecule has 2 rings (SSSR count). The standard InChI is InChI=1S/C26H39NO4S/c1-17-8-7-9-18(2)22(28)15-24(29)26(5,6)13-12-25(30)31-23(11-10-17)19(3)14-21-16-32-20(4)27-21/h10,14,16,18,22-23,28H,7-9,11-13,15H2,1-6H3/b17-10-,19-14+. The first-order valence-electron chi connectivity index (χ1n) is 11.6. The quantitative estimate of drug-likeness (QED) is 0.428. The Kier molecular flexibility index (Phi) is 9.83. The summed E-state index contributed by atoms with van der Waals surface area (Å²) < 4.78 is 5.87. The van der Waals surface area contributed by atoms with Gasteiger partial charge in [0.15, 0.2) is 0 Å². The normalized spacial score (nSPS) is 28.7. The number of aromatic nitrogens is 1. The number of nitrogens with zero attached hydrogens (tertiary/aromatic N) is 1. The third kappa shape index (κ3) is 8.28. The van der Waals surface area contributed by atoms with Crippen LogP contribution in [0, 0.1) is 18.3 Å². The smallest absolute Gasteiger partial charge is 0.306 e. The van der Waals surface area contributed by atoms with Crippen molar-refractivity contribution in [1.29, 1.82) is 0 Å². The number of thiazole rings is 1. The number of hydrogen-bond donors (Lipinski definition) is 1. The number of ether oxygens (including phenoxy) is 1. The summed E-state index contributed by atoms with van der Waals surface area (Å²) in [6, 6.07) is 0. The summed E-state index contributed by atoms with van der Waals surface area (Å²) in [6.07, 6.45) is 7.22. The molecule has 6 heteroatoms. The molecule has 0 saturated heterocycles. The van der Waals surface area contributed by atoms with Crippen molar-refractivity contribution < 1.29 is 19.4 Å². The Bertz CT molecular complexity index is 852. The van der Waals surface area contributed by atoms with Crippen molar-refractivity contribution in [3.05, 3.63) is 33.3 Å². The highest BCUT2D eigenvalue weighted by molar-refractivity contribution is 7.09. The number of carbonyl (C=O) groups is 2. The molecule has 5 nitrogen and oxygen atoms in total. The molecule has 0 saturated carbocycles. The number of aliphatic hydroxyl groups excluding tert-OH is 1. The van der Waals surface area contributed by atoms with E-state index in [1.165, 1.54) is 5.57 Å². The van der Waals surface area contributed by atoms with Gasteiger partial charge < -0.3 is 9.84 Å². The van der Waals surface area contributed by atoms with Gasteiger partial charge in [0.1, 0.15) is 11.9 Å². The molecule has 0 amide bonds. The summed E-state index contributed by atoms with van der Waals surface area (Å²) in [5, 5.41) is 13.5. The number of hydrogen-bond acceptors (Lipinski definition) is 6. The second-order valence-corrected chi connectivity index (χ2v) is 11.0. The first-order chi connectivity index (χ1) is 15.0. The lowest BCUT2D eigenvalue weighted by atomic mass is 9.79. The second kappa shape index (κ2) is 11.9. The zero-order valence-corrected chi connectivity index (χ0v) is 21.3. The van der Waals surface area contributed by atoms with Crippen LogP contribution < -0.4 is 0 Å². The topological polar surface area (TPSA) is 76.5 Å². The minimum absolute atomic E-state index is 0.000603. The lowest BCUT2D eigenvalue weighted by molar-refractivity contribution is -0.148. The molecule has 1 N–H and O–H groups in total. The van der Waals surface area contributed by atoms with Gasteiger partial charge in [0.05, 0.1) is 16.8 Å². The number of aryl methyl sites for hydroxylation is 1. The fourth-order valence-electron chi connectivity index (χ4n) is 3.84. The minimum Gasteiger partial charge on any atom is -0.457 e. The molecule has 1 aromatic heterocycles. The van der Waals surface area contributed by atoms with Crippen molar-refractivity contribution in [3.63, 3.8) is 0 Å². The molecule has 1 aliphatic heterocycles. The summed E-state index contributed by atoms with van der Waals surface area (Å²) in [5.74, 6) is -0.232. The maximum Gasteiger partial charge on any atom is 0.306 e. The number of esters is 1. The predicted molar refractivity (Wildman–Crippen MR) is 130 cm³/mol. The van der Waals surface area contributed by atoms with Gasteiger partial charge in [-0.25, -0.2) is 4.98 Å². The van der Waals surface area contributed by atoms with Crippen LogP contribution in [0.5, 0.6) is 0 Å². The number of carbonyl (C=O) groups excluding carboxylic acids is 2. The summed E-state index contributed by atoms with van der Waals surface area (Å²) in [4.78, 5) is 30.0. The van der Waals surface area contributed by atoms with Crippen molar-refractivity contribution in [1.82, 2.24) is 4.98 Å². The van der Waals surface area contributed by atoms with E-state index in [1.54, 1.807) is 11.3 Å². The van der Waals surface area contributed by atoms with Gasteiger partial charge in [0, 0.05) is 30.1 Å². The average molecular weight is 462 g/mol.